The maximum Gasteiger partial charge on any atom is 0.0825 e. The molecule has 2 heteroatoms. The van der Waals surface area contributed by atoms with E-state index in [0.29, 0.717) is 0 Å². The normalized spacial score (nSPS) is 43.8. The van der Waals surface area contributed by atoms with Crippen LogP contribution in [0.25, 0.3) is 0 Å². The lowest BCUT2D eigenvalue weighted by Crippen LogP contribution is -2.22. The third-order valence-electron chi connectivity index (χ3n) is 2.48. The minimum absolute atomic E-state index is 0.0599. The van der Waals surface area contributed by atoms with E-state index in [2.05, 4.69) is 5.92 Å². The fourth-order valence-electron chi connectivity index (χ4n) is 1.41. The molecular weight excluding hydrogens is 140 g/mol. The third-order valence-corrected chi connectivity index (χ3v) is 2.48. The third kappa shape index (κ3) is 1.40. The first-order valence-corrected chi connectivity index (χ1v) is 3.86. The van der Waals surface area contributed by atoms with Gasteiger partial charge in [-0.15, -0.1) is 6.42 Å². The van der Waals surface area contributed by atoms with Crippen molar-refractivity contribution >= 4 is 0 Å². The van der Waals surface area contributed by atoms with Gasteiger partial charge in [0.05, 0.1) is 24.2 Å². The highest BCUT2D eigenvalue weighted by Gasteiger charge is 2.40. The zero-order valence-electron chi connectivity index (χ0n) is 7.00. The average molecular weight is 154 g/mol. The Hall–Kier alpha value is -0.520. The van der Waals surface area contributed by atoms with Crippen LogP contribution in [0, 0.1) is 17.8 Å². The number of hydrogen-bond donors (Lipinski definition) is 1. The summed E-state index contributed by atoms with van der Waals surface area (Å²) in [6.07, 6.45) is 6.12. The molecule has 0 aromatic rings. The van der Waals surface area contributed by atoms with Crippen LogP contribution >= 0.6 is 0 Å². The van der Waals surface area contributed by atoms with E-state index in [1.54, 1.807) is 0 Å². The number of rotatable bonds is 1. The maximum absolute atomic E-state index is 8.82. The van der Waals surface area contributed by atoms with Gasteiger partial charge in [-0.1, -0.05) is 5.92 Å². The quantitative estimate of drug-likeness (QED) is 0.566. The molecule has 0 bridgehead atoms. The van der Waals surface area contributed by atoms with Crippen molar-refractivity contribution in [2.45, 2.75) is 32.5 Å². The van der Waals surface area contributed by atoms with Crippen LogP contribution in [0.4, 0.5) is 0 Å². The largest absolute Gasteiger partial charge is 0.394 e. The molecular formula is C9H14O2. The van der Waals surface area contributed by atoms with Gasteiger partial charge in [-0.3, -0.25) is 0 Å². The monoisotopic (exact) mass is 154 g/mol. The Morgan fingerprint density at radius 1 is 1.82 bits per heavy atom. The summed E-state index contributed by atoms with van der Waals surface area (Å²) in [6, 6.07) is 0. The van der Waals surface area contributed by atoms with Crippen LogP contribution in [0.5, 0.6) is 0 Å². The lowest BCUT2D eigenvalue weighted by molar-refractivity contribution is 0.00981. The molecule has 1 fully saturated rings. The highest BCUT2D eigenvalue weighted by atomic mass is 16.5. The van der Waals surface area contributed by atoms with E-state index in [9.17, 15) is 0 Å². The molecule has 3 unspecified atom stereocenters. The van der Waals surface area contributed by atoms with E-state index >= 15 is 0 Å². The molecule has 0 aromatic heterocycles. The predicted octanol–water partition coefficient (Wildman–Crippen LogP) is 0.796. The summed E-state index contributed by atoms with van der Waals surface area (Å²) in [7, 11) is 0. The number of ether oxygens (including phenoxy) is 1. The second kappa shape index (κ2) is 2.84. The lowest BCUT2D eigenvalue weighted by atomic mass is 9.84. The number of terminal acetylenes is 1. The van der Waals surface area contributed by atoms with Crippen molar-refractivity contribution in [1.29, 1.82) is 0 Å². The van der Waals surface area contributed by atoms with Crippen molar-refractivity contribution in [3.8, 4) is 12.3 Å². The van der Waals surface area contributed by atoms with Crippen molar-refractivity contribution in [1.82, 2.24) is 0 Å². The molecule has 1 aliphatic rings. The fourth-order valence-corrected chi connectivity index (χ4v) is 1.41. The smallest absolute Gasteiger partial charge is 0.0825 e. The van der Waals surface area contributed by atoms with Gasteiger partial charge in [0.1, 0.15) is 0 Å². The Bertz CT molecular complexity index is 182. The van der Waals surface area contributed by atoms with Crippen molar-refractivity contribution < 1.29 is 9.84 Å². The molecule has 62 valence electrons. The van der Waals surface area contributed by atoms with Crippen molar-refractivity contribution in [2.75, 3.05) is 6.61 Å². The van der Waals surface area contributed by atoms with E-state index in [4.69, 9.17) is 16.3 Å². The van der Waals surface area contributed by atoms with Gasteiger partial charge in [0.15, 0.2) is 0 Å². The summed E-state index contributed by atoms with van der Waals surface area (Å²) in [5.41, 5.74) is -0.187. The standard InChI is InChI=1S/C9H14O2/c1-4-9(3)5-8(6-10)11-7(9)2/h1,7-8,10H,5-6H2,2-3H3. The molecule has 1 aliphatic heterocycles. The molecule has 3 atom stereocenters. The molecule has 0 aromatic carbocycles. The van der Waals surface area contributed by atoms with Crippen molar-refractivity contribution in [2.24, 2.45) is 5.41 Å². The van der Waals surface area contributed by atoms with Crippen LogP contribution in [-0.2, 0) is 4.74 Å². The molecule has 1 heterocycles. The summed E-state index contributed by atoms with van der Waals surface area (Å²) in [5, 5.41) is 8.82. The number of aliphatic hydroxyl groups excluding tert-OH is 1. The number of hydrogen-bond acceptors (Lipinski definition) is 2. The molecule has 11 heavy (non-hydrogen) atoms. The SMILES string of the molecule is C#CC1(C)CC(CO)OC1C. The van der Waals surface area contributed by atoms with Gasteiger partial charge in [-0.05, 0) is 20.3 Å². The molecule has 2 nitrogen and oxygen atoms in total. The second-order valence-electron chi connectivity index (χ2n) is 3.35. The minimum Gasteiger partial charge on any atom is -0.394 e. The van der Waals surface area contributed by atoms with Crippen molar-refractivity contribution in [3.63, 3.8) is 0 Å². The van der Waals surface area contributed by atoms with E-state index in [-0.39, 0.29) is 24.2 Å². The Labute approximate surface area is 67.6 Å². The van der Waals surface area contributed by atoms with Crippen LogP contribution in [0.15, 0.2) is 0 Å². The van der Waals surface area contributed by atoms with E-state index in [1.807, 2.05) is 13.8 Å². The van der Waals surface area contributed by atoms with E-state index in [1.165, 1.54) is 0 Å². The van der Waals surface area contributed by atoms with Crippen LogP contribution in [0.2, 0.25) is 0 Å². The molecule has 0 spiro atoms. The number of aliphatic hydroxyl groups is 1. The van der Waals surface area contributed by atoms with Gasteiger partial charge in [0.2, 0.25) is 0 Å². The molecule has 0 radical (unpaired) electrons. The summed E-state index contributed by atoms with van der Waals surface area (Å²) >= 11 is 0. The topological polar surface area (TPSA) is 29.5 Å². The van der Waals surface area contributed by atoms with Crippen LogP contribution in [0.1, 0.15) is 20.3 Å². The van der Waals surface area contributed by atoms with Crippen LogP contribution in [0.3, 0.4) is 0 Å². The lowest BCUT2D eigenvalue weighted by Gasteiger charge is -2.19. The predicted molar refractivity (Wildman–Crippen MR) is 43.0 cm³/mol. The van der Waals surface area contributed by atoms with E-state index < -0.39 is 0 Å². The van der Waals surface area contributed by atoms with Gasteiger partial charge in [0, 0.05) is 0 Å². The maximum atomic E-state index is 8.82. The van der Waals surface area contributed by atoms with Gasteiger partial charge >= 0.3 is 0 Å². The zero-order valence-corrected chi connectivity index (χ0v) is 7.00. The Morgan fingerprint density at radius 3 is 2.73 bits per heavy atom. The second-order valence-corrected chi connectivity index (χ2v) is 3.35. The Kier molecular flexibility index (Phi) is 2.22. The zero-order chi connectivity index (χ0) is 8.48. The molecule has 1 N–H and O–H groups in total. The van der Waals surface area contributed by atoms with Gasteiger partial charge in [-0.25, -0.2) is 0 Å². The molecule has 0 amide bonds. The van der Waals surface area contributed by atoms with Gasteiger partial charge < -0.3 is 9.84 Å². The van der Waals surface area contributed by atoms with Gasteiger partial charge in [-0.2, -0.15) is 0 Å². The average Bonchev–Trinajstić information content (AvgIpc) is 2.29. The summed E-state index contributed by atoms with van der Waals surface area (Å²) < 4.78 is 5.42. The first kappa shape index (κ1) is 8.58. The fraction of sp³-hybridized carbons (Fsp3) is 0.778. The van der Waals surface area contributed by atoms with Crippen LogP contribution < -0.4 is 0 Å². The molecule has 0 saturated carbocycles. The highest BCUT2D eigenvalue weighted by Crippen LogP contribution is 2.37. The van der Waals surface area contributed by atoms with Gasteiger partial charge in [0.25, 0.3) is 0 Å². The summed E-state index contributed by atoms with van der Waals surface area (Å²) in [6.45, 7) is 4.02. The molecule has 1 rings (SSSR count). The molecule has 1 saturated heterocycles. The Morgan fingerprint density at radius 2 is 2.45 bits per heavy atom. The van der Waals surface area contributed by atoms with Crippen molar-refractivity contribution in [3.05, 3.63) is 0 Å². The highest BCUT2D eigenvalue weighted by molar-refractivity contribution is 5.10. The minimum atomic E-state index is -0.187. The Balaban J connectivity index is 2.67. The molecule has 0 aliphatic carbocycles. The van der Waals surface area contributed by atoms with E-state index in [0.717, 1.165) is 6.42 Å². The first-order chi connectivity index (χ1) is 5.12. The summed E-state index contributed by atoms with van der Waals surface area (Å²) in [5.74, 6) is 2.72. The summed E-state index contributed by atoms with van der Waals surface area (Å²) in [4.78, 5) is 0. The first-order valence-electron chi connectivity index (χ1n) is 3.86. The van der Waals surface area contributed by atoms with Crippen LogP contribution in [-0.4, -0.2) is 23.9 Å².